The number of piperidine rings is 1. The number of hydrogen-bond acceptors (Lipinski definition) is 3. The lowest BCUT2D eigenvalue weighted by molar-refractivity contribution is -0.122. The van der Waals surface area contributed by atoms with Crippen LogP contribution in [0.5, 0.6) is 0 Å². The zero-order valence-corrected chi connectivity index (χ0v) is 16.7. The first kappa shape index (κ1) is 22.5. The van der Waals surface area contributed by atoms with Gasteiger partial charge in [0.15, 0.2) is 0 Å². The predicted octanol–water partition coefficient (Wildman–Crippen LogP) is 2.89. The maximum absolute atomic E-state index is 12.2. The van der Waals surface area contributed by atoms with Gasteiger partial charge in [0.25, 0.3) is 5.91 Å². The molecule has 2 unspecified atom stereocenters. The van der Waals surface area contributed by atoms with Gasteiger partial charge in [-0.1, -0.05) is 26.0 Å². The number of halogens is 1. The van der Waals surface area contributed by atoms with Crippen LogP contribution in [0.4, 0.5) is 0 Å². The minimum Gasteiger partial charge on any atom is -0.352 e. The molecule has 0 radical (unpaired) electrons. The van der Waals surface area contributed by atoms with Gasteiger partial charge in [0.2, 0.25) is 5.91 Å². The maximum atomic E-state index is 12.2. The van der Waals surface area contributed by atoms with E-state index in [4.69, 9.17) is 0 Å². The van der Waals surface area contributed by atoms with E-state index in [2.05, 4.69) is 22.9 Å². The van der Waals surface area contributed by atoms with Gasteiger partial charge in [-0.2, -0.15) is 0 Å². The van der Waals surface area contributed by atoms with Crippen LogP contribution in [0.1, 0.15) is 55.5 Å². The van der Waals surface area contributed by atoms with Crippen molar-refractivity contribution in [3.63, 3.8) is 0 Å². The number of nitrogens with one attached hydrogen (secondary N) is 3. The summed E-state index contributed by atoms with van der Waals surface area (Å²) >= 11 is 0. The second kappa shape index (κ2) is 11.9. The summed E-state index contributed by atoms with van der Waals surface area (Å²) in [7, 11) is 0. The zero-order valence-electron chi connectivity index (χ0n) is 15.8. The Labute approximate surface area is 163 Å². The lowest BCUT2D eigenvalue weighted by Crippen LogP contribution is -2.35. The molecule has 1 aromatic rings. The van der Waals surface area contributed by atoms with Gasteiger partial charge in [-0.25, -0.2) is 0 Å². The van der Waals surface area contributed by atoms with Gasteiger partial charge in [-0.05, 0) is 61.9 Å². The number of benzene rings is 1. The Kier molecular flexibility index (Phi) is 10.3. The van der Waals surface area contributed by atoms with Crippen LogP contribution in [0.25, 0.3) is 0 Å². The molecule has 0 aromatic heterocycles. The second-order valence-electron chi connectivity index (χ2n) is 7.02. The summed E-state index contributed by atoms with van der Waals surface area (Å²) in [4.78, 5) is 24.2. The Morgan fingerprint density at radius 1 is 1.31 bits per heavy atom. The molecule has 1 aromatic carbocycles. The number of carbonyl (C=O) groups is 2. The summed E-state index contributed by atoms with van der Waals surface area (Å²) in [6, 6.07) is 7.44. The molecule has 3 N–H and O–H groups in total. The average Bonchev–Trinajstić information content (AvgIpc) is 2.65. The van der Waals surface area contributed by atoms with Crippen molar-refractivity contribution >= 4 is 24.2 Å². The maximum Gasteiger partial charge on any atom is 0.251 e. The third kappa shape index (κ3) is 7.34. The van der Waals surface area contributed by atoms with Gasteiger partial charge in [0.05, 0.1) is 0 Å². The Morgan fingerprint density at radius 2 is 2.12 bits per heavy atom. The smallest absolute Gasteiger partial charge is 0.251 e. The van der Waals surface area contributed by atoms with Crippen LogP contribution in [0.3, 0.4) is 0 Å². The monoisotopic (exact) mass is 381 g/mol. The van der Waals surface area contributed by atoms with Gasteiger partial charge < -0.3 is 16.0 Å². The highest BCUT2D eigenvalue weighted by atomic mass is 35.5. The highest BCUT2D eigenvalue weighted by Gasteiger charge is 2.21. The molecule has 0 spiro atoms. The molecule has 2 atom stereocenters. The molecule has 0 saturated carbocycles. The van der Waals surface area contributed by atoms with Crippen LogP contribution in [0.2, 0.25) is 0 Å². The van der Waals surface area contributed by atoms with Gasteiger partial charge in [-0.15, -0.1) is 12.4 Å². The third-order valence-corrected chi connectivity index (χ3v) is 4.86. The van der Waals surface area contributed by atoms with Crippen molar-refractivity contribution < 1.29 is 9.59 Å². The molecule has 0 aliphatic carbocycles. The molecule has 1 aliphatic rings. The summed E-state index contributed by atoms with van der Waals surface area (Å²) in [6.07, 6.45) is 3.87. The van der Waals surface area contributed by atoms with E-state index < -0.39 is 0 Å². The lowest BCUT2D eigenvalue weighted by atomic mass is 9.85. The first-order valence-corrected chi connectivity index (χ1v) is 9.44. The van der Waals surface area contributed by atoms with Gasteiger partial charge in [0, 0.05) is 25.1 Å². The number of hydrogen-bond donors (Lipinski definition) is 3. The molecular weight excluding hydrogens is 350 g/mol. The largest absolute Gasteiger partial charge is 0.352 e. The molecule has 26 heavy (non-hydrogen) atoms. The molecule has 5 nitrogen and oxygen atoms in total. The Balaban J connectivity index is 0.00000338. The van der Waals surface area contributed by atoms with Crippen molar-refractivity contribution in [1.29, 1.82) is 0 Å². The summed E-state index contributed by atoms with van der Waals surface area (Å²) in [5.74, 6) is 0.997. The Hall–Kier alpha value is -1.59. The standard InChI is InChI=1S/C20H31N3O2.ClH/c1-3-9-22-20(25)17-7-4-6-16(12-17)13-23-19(24)11-15(2)18-8-5-10-21-14-18;/h4,6-7,12,15,18,21H,3,5,8-11,13-14H2,1-2H3,(H,22,25)(H,23,24);1H. The van der Waals surface area contributed by atoms with Crippen molar-refractivity contribution in [2.75, 3.05) is 19.6 Å². The molecule has 0 bridgehead atoms. The molecule has 2 rings (SSSR count). The van der Waals surface area contributed by atoms with E-state index in [0.29, 0.717) is 36.9 Å². The molecule has 146 valence electrons. The van der Waals surface area contributed by atoms with Crippen molar-refractivity contribution in [2.24, 2.45) is 11.8 Å². The Bertz CT molecular complexity index is 574. The first-order valence-electron chi connectivity index (χ1n) is 9.44. The van der Waals surface area contributed by atoms with E-state index in [-0.39, 0.29) is 24.2 Å². The predicted molar refractivity (Wildman–Crippen MR) is 108 cm³/mol. The lowest BCUT2D eigenvalue weighted by Gasteiger charge is -2.28. The quantitative estimate of drug-likeness (QED) is 0.648. The van der Waals surface area contributed by atoms with E-state index in [1.54, 1.807) is 6.07 Å². The second-order valence-corrected chi connectivity index (χ2v) is 7.02. The van der Waals surface area contributed by atoms with Crippen LogP contribution in [0.15, 0.2) is 24.3 Å². The van der Waals surface area contributed by atoms with Crippen LogP contribution >= 0.6 is 12.4 Å². The highest BCUT2D eigenvalue weighted by molar-refractivity contribution is 5.94. The fourth-order valence-corrected chi connectivity index (χ4v) is 3.26. The molecule has 1 aliphatic heterocycles. The third-order valence-electron chi connectivity index (χ3n) is 4.86. The minimum absolute atomic E-state index is 0. The number of carbonyl (C=O) groups excluding carboxylic acids is 2. The summed E-state index contributed by atoms with van der Waals surface area (Å²) in [6.45, 7) is 7.44. The van der Waals surface area contributed by atoms with Crippen LogP contribution in [-0.2, 0) is 11.3 Å². The van der Waals surface area contributed by atoms with Crippen molar-refractivity contribution in [3.05, 3.63) is 35.4 Å². The molecule has 1 heterocycles. The zero-order chi connectivity index (χ0) is 18.1. The van der Waals surface area contributed by atoms with Crippen LogP contribution < -0.4 is 16.0 Å². The van der Waals surface area contributed by atoms with E-state index >= 15 is 0 Å². The average molecular weight is 382 g/mol. The molecule has 2 amide bonds. The number of rotatable bonds is 8. The highest BCUT2D eigenvalue weighted by Crippen LogP contribution is 2.22. The molecule has 6 heteroatoms. The van der Waals surface area contributed by atoms with Crippen LogP contribution in [-0.4, -0.2) is 31.4 Å². The topological polar surface area (TPSA) is 70.2 Å². The normalized spacial score (nSPS) is 17.7. The van der Waals surface area contributed by atoms with Gasteiger partial charge in [0.1, 0.15) is 0 Å². The van der Waals surface area contributed by atoms with E-state index in [9.17, 15) is 9.59 Å². The van der Waals surface area contributed by atoms with E-state index in [1.807, 2.05) is 25.1 Å². The summed E-state index contributed by atoms with van der Waals surface area (Å²) in [5, 5.41) is 9.27. The summed E-state index contributed by atoms with van der Waals surface area (Å²) in [5.41, 5.74) is 1.59. The Morgan fingerprint density at radius 3 is 2.81 bits per heavy atom. The SMILES string of the molecule is CCCNC(=O)c1cccc(CNC(=O)CC(C)C2CCCNC2)c1.Cl. The van der Waals surface area contributed by atoms with Crippen molar-refractivity contribution in [3.8, 4) is 0 Å². The van der Waals surface area contributed by atoms with Gasteiger partial charge >= 0.3 is 0 Å². The van der Waals surface area contributed by atoms with Crippen LogP contribution in [0, 0.1) is 11.8 Å². The van der Waals surface area contributed by atoms with Crippen molar-refractivity contribution in [1.82, 2.24) is 16.0 Å². The summed E-state index contributed by atoms with van der Waals surface area (Å²) < 4.78 is 0. The number of amides is 2. The van der Waals surface area contributed by atoms with Gasteiger partial charge in [-0.3, -0.25) is 9.59 Å². The molecule has 1 fully saturated rings. The minimum atomic E-state index is -0.0616. The molecule has 1 saturated heterocycles. The van der Waals surface area contributed by atoms with Crippen molar-refractivity contribution in [2.45, 2.75) is 46.1 Å². The van der Waals surface area contributed by atoms with E-state index in [0.717, 1.165) is 25.1 Å². The van der Waals surface area contributed by atoms with E-state index in [1.165, 1.54) is 12.8 Å². The molecular formula is C20H32ClN3O2. The fourth-order valence-electron chi connectivity index (χ4n) is 3.26. The fraction of sp³-hybridized carbons (Fsp3) is 0.600. The first-order chi connectivity index (χ1) is 12.1.